The highest BCUT2D eigenvalue weighted by atomic mass is 19.1. The highest BCUT2D eigenvalue weighted by molar-refractivity contribution is 5.93. The SMILES string of the molecule is O=C(c1cc(-c2ccc(F)cc2F)n[nH]1)N1CCN(c2cc(-c3ccccc3)ncn2)CC1. The largest absolute Gasteiger partial charge is 0.353 e. The van der Waals surface area contributed by atoms with Crippen molar-refractivity contribution in [1.29, 1.82) is 0 Å². The van der Waals surface area contributed by atoms with Gasteiger partial charge in [-0.3, -0.25) is 9.89 Å². The molecule has 1 aliphatic heterocycles. The molecule has 7 nitrogen and oxygen atoms in total. The van der Waals surface area contributed by atoms with Crippen molar-refractivity contribution in [2.75, 3.05) is 31.1 Å². The predicted molar refractivity (Wildman–Crippen MR) is 120 cm³/mol. The van der Waals surface area contributed by atoms with E-state index in [1.54, 1.807) is 11.2 Å². The Morgan fingerprint density at radius 1 is 0.879 bits per heavy atom. The fraction of sp³-hybridized carbons (Fsp3) is 0.167. The predicted octanol–water partition coefficient (Wildman–Crippen LogP) is 3.77. The smallest absolute Gasteiger partial charge is 0.272 e. The van der Waals surface area contributed by atoms with Crippen molar-refractivity contribution < 1.29 is 13.6 Å². The van der Waals surface area contributed by atoms with E-state index >= 15 is 0 Å². The number of anilines is 1. The monoisotopic (exact) mass is 446 g/mol. The van der Waals surface area contributed by atoms with E-state index in [2.05, 4.69) is 25.1 Å². The summed E-state index contributed by atoms with van der Waals surface area (Å²) in [5, 5.41) is 6.71. The van der Waals surface area contributed by atoms with E-state index in [1.165, 1.54) is 12.1 Å². The lowest BCUT2D eigenvalue weighted by Crippen LogP contribution is -2.49. The summed E-state index contributed by atoms with van der Waals surface area (Å²) in [6.07, 6.45) is 1.55. The van der Waals surface area contributed by atoms with Gasteiger partial charge in [0.15, 0.2) is 0 Å². The molecule has 0 radical (unpaired) electrons. The van der Waals surface area contributed by atoms with Gasteiger partial charge in [0.05, 0.1) is 11.4 Å². The van der Waals surface area contributed by atoms with E-state index in [4.69, 9.17) is 0 Å². The van der Waals surface area contributed by atoms with Crippen LogP contribution in [0.25, 0.3) is 22.5 Å². The normalized spacial score (nSPS) is 13.9. The third kappa shape index (κ3) is 4.30. The number of H-pyrrole nitrogens is 1. The number of aromatic amines is 1. The summed E-state index contributed by atoms with van der Waals surface area (Å²) in [6, 6.07) is 16.6. The summed E-state index contributed by atoms with van der Waals surface area (Å²) in [4.78, 5) is 25.5. The first-order valence-corrected chi connectivity index (χ1v) is 10.5. The summed E-state index contributed by atoms with van der Waals surface area (Å²) >= 11 is 0. The molecule has 0 aliphatic carbocycles. The number of aromatic nitrogens is 4. The molecule has 0 bridgehead atoms. The van der Waals surface area contributed by atoms with Crippen LogP contribution in [0.4, 0.5) is 14.6 Å². The van der Waals surface area contributed by atoms with Crippen molar-refractivity contribution >= 4 is 11.7 Å². The highest BCUT2D eigenvalue weighted by Gasteiger charge is 2.25. The molecular formula is C24H20F2N6O. The van der Waals surface area contributed by atoms with Crippen molar-refractivity contribution in [1.82, 2.24) is 25.1 Å². The molecule has 2 aromatic heterocycles. The Kier molecular flexibility index (Phi) is 5.52. The number of nitrogens with zero attached hydrogens (tertiary/aromatic N) is 5. The van der Waals surface area contributed by atoms with Gasteiger partial charge in [-0.05, 0) is 18.2 Å². The minimum Gasteiger partial charge on any atom is -0.353 e. The van der Waals surface area contributed by atoms with Crippen LogP contribution in [0.5, 0.6) is 0 Å². The van der Waals surface area contributed by atoms with Crippen LogP contribution >= 0.6 is 0 Å². The molecule has 0 atom stereocenters. The molecule has 0 saturated carbocycles. The van der Waals surface area contributed by atoms with E-state index < -0.39 is 11.6 Å². The number of nitrogens with one attached hydrogen (secondary N) is 1. The lowest BCUT2D eigenvalue weighted by Gasteiger charge is -2.35. The number of amides is 1. The quantitative estimate of drug-likeness (QED) is 0.516. The van der Waals surface area contributed by atoms with Gasteiger partial charge in [-0.25, -0.2) is 18.7 Å². The maximum absolute atomic E-state index is 14.0. The topological polar surface area (TPSA) is 78.0 Å². The molecule has 1 amide bonds. The summed E-state index contributed by atoms with van der Waals surface area (Å²) in [6.45, 7) is 2.24. The molecule has 33 heavy (non-hydrogen) atoms. The first-order chi connectivity index (χ1) is 16.1. The second kappa shape index (κ2) is 8.78. The molecule has 2 aromatic carbocycles. The minimum atomic E-state index is -0.728. The summed E-state index contributed by atoms with van der Waals surface area (Å²) in [7, 11) is 0. The molecule has 166 valence electrons. The molecule has 4 aromatic rings. The average molecular weight is 446 g/mol. The first kappa shape index (κ1) is 20.7. The number of piperazine rings is 1. The van der Waals surface area contributed by atoms with Crippen LogP contribution in [0, 0.1) is 11.6 Å². The van der Waals surface area contributed by atoms with E-state index in [9.17, 15) is 13.6 Å². The maximum atomic E-state index is 14.0. The number of hydrogen-bond acceptors (Lipinski definition) is 5. The Morgan fingerprint density at radius 3 is 2.42 bits per heavy atom. The molecule has 3 heterocycles. The van der Waals surface area contributed by atoms with Gasteiger partial charge in [-0.1, -0.05) is 30.3 Å². The van der Waals surface area contributed by atoms with E-state index in [1.807, 2.05) is 36.4 Å². The summed E-state index contributed by atoms with van der Waals surface area (Å²) in [5.41, 5.74) is 2.51. The molecule has 9 heteroatoms. The van der Waals surface area contributed by atoms with Crippen LogP contribution in [-0.2, 0) is 0 Å². The zero-order valence-corrected chi connectivity index (χ0v) is 17.6. The Balaban J connectivity index is 1.25. The maximum Gasteiger partial charge on any atom is 0.272 e. The van der Waals surface area contributed by atoms with Crippen molar-refractivity contribution in [2.45, 2.75) is 0 Å². The van der Waals surface area contributed by atoms with Crippen LogP contribution in [0.2, 0.25) is 0 Å². The van der Waals surface area contributed by atoms with Crippen LogP contribution in [-0.4, -0.2) is 57.2 Å². The van der Waals surface area contributed by atoms with Crippen LogP contribution < -0.4 is 4.90 Å². The lowest BCUT2D eigenvalue weighted by atomic mass is 10.1. The molecule has 5 rings (SSSR count). The molecular weight excluding hydrogens is 426 g/mol. The molecule has 0 unspecified atom stereocenters. The molecule has 1 aliphatic rings. The van der Waals surface area contributed by atoms with Crippen LogP contribution in [0.3, 0.4) is 0 Å². The van der Waals surface area contributed by atoms with Crippen LogP contribution in [0.1, 0.15) is 10.5 Å². The number of carbonyl (C=O) groups excluding carboxylic acids is 1. The van der Waals surface area contributed by atoms with Gasteiger partial charge >= 0.3 is 0 Å². The number of carbonyl (C=O) groups is 1. The van der Waals surface area contributed by atoms with Gasteiger partial charge in [0.2, 0.25) is 0 Å². The summed E-state index contributed by atoms with van der Waals surface area (Å²) < 4.78 is 27.2. The third-order valence-corrected chi connectivity index (χ3v) is 5.63. The second-order valence-corrected chi connectivity index (χ2v) is 7.70. The van der Waals surface area contributed by atoms with Gasteiger partial charge in [0, 0.05) is 49.4 Å². The number of hydrogen-bond donors (Lipinski definition) is 1. The van der Waals surface area contributed by atoms with E-state index in [0.717, 1.165) is 29.2 Å². The number of halogens is 2. The number of benzene rings is 2. The Hall–Kier alpha value is -4.14. The second-order valence-electron chi connectivity index (χ2n) is 7.70. The third-order valence-electron chi connectivity index (χ3n) is 5.63. The van der Waals surface area contributed by atoms with E-state index in [0.29, 0.717) is 26.2 Å². The highest BCUT2D eigenvalue weighted by Crippen LogP contribution is 2.24. The Labute approximate surface area is 188 Å². The van der Waals surface area contributed by atoms with E-state index in [-0.39, 0.29) is 22.9 Å². The van der Waals surface area contributed by atoms with Crippen molar-refractivity contribution in [2.24, 2.45) is 0 Å². The Morgan fingerprint density at radius 2 is 1.67 bits per heavy atom. The molecule has 1 N–H and O–H groups in total. The lowest BCUT2D eigenvalue weighted by molar-refractivity contribution is 0.0740. The minimum absolute atomic E-state index is 0.134. The first-order valence-electron chi connectivity index (χ1n) is 10.5. The zero-order valence-electron chi connectivity index (χ0n) is 17.6. The fourth-order valence-corrected chi connectivity index (χ4v) is 3.86. The van der Waals surface area contributed by atoms with Crippen LogP contribution in [0.15, 0.2) is 67.0 Å². The van der Waals surface area contributed by atoms with Gasteiger partial charge < -0.3 is 9.80 Å². The zero-order chi connectivity index (χ0) is 22.8. The van der Waals surface area contributed by atoms with Gasteiger partial charge in [-0.2, -0.15) is 5.10 Å². The van der Waals surface area contributed by atoms with Gasteiger partial charge in [0.1, 0.15) is 29.5 Å². The van der Waals surface area contributed by atoms with Crippen molar-refractivity contribution in [3.63, 3.8) is 0 Å². The fourth-order valence-electron chi connectivity index (χ4n) is 3.86. The van der Waals surface area contributed by atoms with Gasteiger partial charge in [-0.15, -0.1) is 0 Å². The standard InChI is InChI=1S/C24H20F2N6O/c25-17-6-7-18(19(26)12-17)21-13-22(30-29-21)24(33)32-10-8-31(9-11-32)23-14-20(27-15-28-23)16-4-2-1-3-5-16/h1-7,12-15H,8-11H2,(H,29,30). The molecule has 1 saturated heterocycles. The van der Waals surface area contributed by atoms with Crippen molar-refractivity contribution in [3.8, 4) is 22.5 Å². The molecule has 0 spiro atoms. The number of rotatable bonds is 4. The van der Waals surface area contributed by atoms with Crippen molar-refractivity contribution in [3.05, 3.63) is 84.3 Å². The van der Waals surface area contributed by atoms with Gasteiger partial charge in [0.25, 0.3) is 5.91 Å². The summed E-state index contributed by atoms with van der Waals surface area (Å²) in [5.74, 6) is -0.801. The molecule has 1 fully saturated rings. The Bertz CT molecular complexity index is 1290. The average Bonchev–Trinajstić information content (AvgIpc) is 3.34.